The first-order valence-corrected chi connectivity index (χ1v) is 8.02. The third-order valence-corrected chi connectivity index (χ3v) is 3.72. The van der Waals surface area contributed by atoms with Gasteiger partial charge in [-0.25, -0.2) is 0 Å². The van der Waals surface area contributed by atoms with Crippen LogP contribution in [0.2, 0.25) is 0 Å². The van der Waals surface area contributed by atoms with Gasteiger partial charge in [-0.3, -0.25) is 14.5 Å². The molecule has 0 saturated heterocycles. The second-order valence-electron chi connectivity index (χ2n) is 5.74. The van der Waals surface area contributed by atoms with Crippen molar-refractivity contribution in [1.29, 1.82) is 0 Å². The van der Waals surface area contributed by atoms with Crippen LogP contribution in [-0.2, 0) is 18.4 Å². The SMILES string of the molecule is Cc1ccc(OCC(=O)NCc2cc(-c3ccccn3)n(C)n2)cc1. The summed E-state index contributed by atoms with van der Waals surface area (Å²) in [5.41, 5.74) is 3.67. The maximum absolute atomic E-state index is 11.9. The van der Waals surface area contributed by atoms with Crippen molar-refractivity contribution >= 4 is 5.91 Å². The lowest BCUT2D eigenvalue weighted by Gasteiger charge is -2.06. The van der Waals surface area contributed by atoms with E-state index in [1.165, 1.54) is 0 Å². The molecule has 1 aromatic carbocycles. The Morgan fingerprint density at radius 1 is 1.20 bits per heavy atom. The standard InChI is InChI=1S/C19H20N4O2/c1-14-6-8-16(9-7-14)25-13-19(24)21-12-15-11-18(23(2)22-15)17-5-3-4-10-20-17/h3-11H,12-13H2,1-2H3,(H,21,24). The van der Waals surface area contributed by atoms with E-state index in [2.05, 4.69) is 15.4 Å². The molecule has 0 bridgehead atoms. The third-order valence-electron chi connectivity index (χ3n) is 3.72. The van der Waals surface area contributed by atoms with Gasteiger partial charge >= 0.3 is 0 Å². The summed E-state index contributed by atoms with van der Waals surface area (Å²) in [5.74, 6) is 0.488. The summed E-state index contributed by atoms with van der Waals surface area (Å²) in [6, 6.07) is 15.2. The van der Waals surface area contributed by atoms with Gasteiger partial charge in [0.2, 0.25) is 0 Å². The molecule has 0 saturated carbocycles. The Bertz CT molecular complexity index is 842. The van der Waals surface area contributed by atoms with E-state index in [0.717, 1.165) is 22.6 Å². The number of amides is 1. The van der Waals surface area contributed by atoms with Crippen LogP contribution in [0.1, 0.15) is 11.3 Å². The number of aromatic nitrogens is 3. The molecule has 0 fully saturated rings. The molecule has 0 spiro atoms. The van der Waals surface area contributed by atoms with Gasteiger partial charge in [0.25, 0.3) is 5.91 Å². The van der Waals surface area contributed by atoms with Crippen LogP contribution in [0.15, 0.2) is 54.7 Å². The average Bonchev–Trinajstić information content (AvgIpc) is 3.01. The fourth-order valence-corrected chi connectivity index (χ4v) is 2.39. The number of nitrogens with one attached hydrogen (secondary N) is 1. The van der Waals surface area contributed by atoms with E-state index in [1.54, 1.807) is 10.9 Å². The molecule has 2 heterocycles. The number of pyridine rings is 1. The molecule has 3 aromatic rings. The first-order chi connectivity index (χ1) is 12.1. The van der Waals surface area contributed by atoms with E-state index >= 15 is 0 Å². The van der Waals surface area contributed by atoms with Crippen LogP contribution in [0, 0.1) is 6.92 Å². The quantitative estimate of drug-likeness (QED) is 0.751. The lowest BCUT2D eigenvalue weighted by molar-refractivity contribution is -0.123. The number of hydrogen-bond acceptors (Lipinski definition) is 4. The molecule has 6 nitrogen and oxygen atoms in total. The van der Waals surface area contributed by atoms with Gasteiger partial charge in [0.05, 0.1) is 23.6 Å². The van der Waals surface area contributed by atoms with Gasteiger partial charge in [-0.2, -0.15) is 5.10 Å². The molecule has 2 aromatic heterocycles. The fraction of sp³-hybridized carbons (Fsp3) is 0.211. The maximum atomic E-state index is 11.9. The minimum Gasteiger partial charge on any atom is -0.484 e. The van der Waals surface area contributed by atoms with Gasteiger partial charge in [-0.1, -0.05) is 23.8 Å². The zero-order valence-electron chi connectivity index (χ0n) is 14.3. The molecule has 3 rings (SSSR count). The normalized spacial score (nSPS) is 10.5. The van der Waals surface area contributed by atoms with Crippen molar-refractivity contribution in [1.82, 2.24) is 20.1 Å². The van der Waals surface area contributed by atoms with Crippen LogP contribution in [-0.4, -0.2) is 27.3 Å². The molecule has 0 aliphatic carbocycles. The smallest absolute Gasteiger partial charge is 0.258 e. The Balaban J connectivity index is 1.53. The molecule has 0 aliphatic heterocycles. The van der Waals surface area contributed by atoms with Crippen LogP contribution in [0.5, 0.6) is 5.75 Å². The number of aryl methyl sites for hydroxylation is 2. The molecule has 0 aliphatic rings. The highest BCUT2D eigenvalue weighted by molar-refractivity contribution is 5.77. The van der Waals surface area contributed by atoms with Crippen molar-refractivity contribution in [2.45, 2.75) is 13.5 Å². The van der Waals surface area contributed by atoms with E-state index in [4.69, 9.17) is 4.74 Å². The lowest BCUT2D eigenvalue weighted by atomic mass is 10.2. The summed E-state index contributed by atoms with van der Waals surface area (Å²) < 4.78 is 7.22. The number of nitrogens with zero attached hydrogens (tertiary/aromatic N) is 3. The minimum absolute atomic E-state index is 0.0248. The molecule has 1 amide bonds. The fourth-order valence-electron chi connectivity index (χ4n) is 2.39. The summed E-state index contributed by atoms with van der Waals surface area (Å²) >= 11 is 0. The van der Waals surface area contributed by atoms with E-state index in [-0.39, 0.29) is 12.5 Å². The van der Waals surface area contributed by atoms with Crippen molar-refractivity contribution in [2.24, 2.45) is 7.05 Å². The van der Waals surface area contributed by atoms with Crippen LogP contribution in [0.3, 0.4) is 0 Å². The summed E-state index contributed by atoms with van der Waals surface area (Å²) in [7, 11) is 1.86. The predicted molar refractivity (Wildman–Crippen MR) is 95.0 cm³/mol. The third kappa shape index (κ3) is 4.44. The van der Waals surface area contributed by atoms with Crippen molar-refractivity contribution in [3.8, 4) is 17.1 Å². The lowest BCUT2D eigenvalue weighted by Crippen LogP contribution is -2.28. The highest BCUT2D eigenvalue weighted by Gasteiger charge is 2.09. The van der Waals surface area contributed by atoms with Crippen molar-refractivity contribution in [3.63, 3.8) is 0 Å². The van der Waals surface area contributed by atoms with Crippen molar-refractivity contribution in [2.75, 3.05) is 6.61 Å². The van der Waals surface area contributed by atoms with E-state index in [9.17, 15) is 4.79 Å². The topological polar surface area (TPSA) is 69.0 Å². The van der Waals surface area contributed by atoms with Crippen LogP contribution < -0.4 is 10.1 Å². The molecule has 0 atom stereocenters. The molecule has 25 heavy (non-hydrogen) atoms. The Morgan fingerprint density at radius 3 is 2.72 bits per heavy atom. The van der Waals surface area contributed by atoms with Gasteiger partial charge in [-0.15, -0.1) is 0 Å². The zero-order chi connectivity index (χ0) is 17.6. The van der Waals surface area contributed by atoms with E-state index in [0.29, 0.717) is 12.3 Å². The number of rotatable bonds is 6. The molecule has 6 heteroatoms. The number of benzene rings is 1. The summed E-state index contributed by atoms with van der Waals surface area (Å²) in [4.78, 5) is 16.3. The second-order valence-corrected chi connectivity index (χ2v) is 5.74. The van der Waals surface area contributed by atoms with Gasteiger partial charge in [0.1, 0.15) is 5.75 Å². The zero-order valence-corrected chi connectivity index (χ0v) is 14.3. The molecule has 128 valence electrons. The monoisotopic (exact) mass is 336 g/mol. The van der Waals surface area contributed by atoms with Gasteiger partial charge < -0.3 is 10.1 Å². The van der Waals surface area contributed by atoms with Gasteiger partial charge in [0, 0.05) is 13.2 Å². The number of ether oxygens (including phenoxy) is 1. The molecule has 0 unspecified atom stereocenters. The van der Waals surface area contributed by atoms with E-state index in [1.807, 2.05) is 62.5 Å². The van der Waals surface area contributed by atoms with Gasteiger partial charge in [-0.05, 0) is 37.3 Å². The summed E-state index contributed by atoms with van der Waals surface area (Å²) in [6.45, 7) is 2.32. The molecule has 0 radical (unpaired) electrons. The van der Waals surface area contributed by atoms with Gasteiger partial charge in [0.15, 0.2) is 6.61 Å². The summed E-state index contributed by atoms with van der Waals surface area (Å²) in [5, 5.41) is 7.22. The van der Waals surface area contributed by atoms with E-state index < -0.39 is 0 Å². The predicted octanol–water partition coefficient (Wildman–Crippen LogP) is 2.49. The van der Waals surface area contributed by atoms with Crippen LogP contribution >= 0.6 is 0 Å². The molecular weight excluding hydrogens is 316 g/mol. The summed E-state index contributed by atoms with van der Waals surface area (Å²) in [6.07, 6.45) is 1.74. The highest BCUT2D eigenvalue weighted by Crippen LogP contribution is 2.16. The first kappa shape index (κ1) is 16.7. The Kier molecular flexibility index (Phi) is 5.09. The largest absolute Gasteiger partial charge is 0.484 e. The maximum Gasteiger partial charge on any atom is 0.258 e. The van der Waals surface area contributed by atoms with Crippen LogP contribution in [0.25, 0.3) is 11.4 Å². The van der Waals surface area contributed by atoms with Crippen molar-refractivity contribution < 1.29 is 9.53 Å². The average molecular weight is 336 g/mol. The number of carbonyl (C=O) groups excluding carboxylic acids is 1. The molecular formula is C19H20N4O2. The number of hydrogen-bond donors (Lipinski definition) is 1. The Labute approximate surface area is 146 Å². The number of carbonyl (C=O) groups is 1. The Hall–Kier alpha value is -3.15. The van der Waals surface area contributed by atoms with Crippen molar-refractivity contribution in [3.05, 3.63) is 66.0 Å². The first-order valence-electron chi connectivity index (χ1n) is 8.02. The molecule has 1 N–H and O–H groups in total. The highest BCUT2D eigenvalue weighted by atomic mass is 16.5. The Morgan fingerprint density at radius 2 is 2.00 bits per heavy atom. The minimum atomic E-state index is -0.189. The van der Waals surface area contributed by atoms with Crippen LogP contribution in [0.4, 0.5) is 0 Å². The second kappa shape index (κ2) is 7.61.